The maximum atomic E-state index is 13.3. The van der Waals surface area contributed by atoms with E-state index in [1.165, 1.54) is 12.1 Å². The first kappa shape index (κ1) is 21.3. The molecule has 1 heterocycles. The average molecular weight is 399 g/mol. The highest BCUT2D eigenvalue weighted by molar-refractivity contribution is 5.70. The molecular weight excluding hydrogens is 380 g/mol. The minimum atomic E-state index is -5.74. The predicted octanol–water partition coefficient (Wildman–Crippen LogP) is 4.10. The Morgan fingerprint density at radius 3 is 2.33 bits per heavy atom. The minimum Gasteiger partial charge on any atom is -0.481 e. The number of piperidine rings is 1. The molecule has 0 bridgehead atoms. The molecule has 0 radical (unpaired) electrons. The van der Waals surface area contributed by atoms with Crippen molar-refractivity contribution in [3.8, 4) is 5.75 Å². The molecule has 4 nitrogen and oxygen atoms in total. The van der Waals surface area contributed by atoms with Crippen molar-refractivity contribution in [1.82, 2.24) is 4.90 Å². The standard InChI is InChI=1S/C17H19F6NO3/c1-10-6-12(14(25)26)9-24(7-10)8-11-2-4-13(5-3-11)27-17(22,23)15(18)16(19,20)21/h2-5,10,12,15H,6-9H2,1H3,(H,25,26). The zero-order valence-electron chi connectivity index (χ0n) is 14.3. The van der Waals surface area contributed by atoms with E-state index in [4.69, 9.17) is 5.11 Å². The van der Waals surface area contributed by atoms with Crippen molar-refractivity contribution in [2.45, 2.75) is 38.3 Å². The van der Waals surface area contributed by atoms with E-state index in [0.29, 0.717) is 31.6 Å². The molecule has 1 aromatic rings. The van der Waals surface area contributed by atoms with Crippen LogP contribution in [0.15, 0.2) is 24.3 Å². The second-order valence-corrected chi connectivity index (χ2v) is 6.78. The molecule has 1 fully saturated rings. The lowest BCUT2D eigenvalue weighted by molar-refractivity contribution is -0.304. The van der Waals surface area contributed by atoms with Crippen LogP contribution < -0.4 is 4.74 Å². The van der Waals surface area contributed by atoms with Crippen LogP contribution in [0.5, 0.6) is 5.75 Å². The van der Waals surface area contributed by atoms with E-state index in [2.05, 4.69) is 4.74 Å². The second-order valence-electron chi connectivity index (χ2n) is 6.78. The summed E-state index contributed by atoms with van der Waals surface area (Å²) >= 11 is 0. The number of benzene rings is 1. The summed E-state index contributed by atoms with van der Waals surface area (Å²) in [4.78, 5) is 13.1. The summed E-state index contributed by atoms with van der Waals surface area (Å²) in [6.07, 6.45) is -14.7. The fourth-order valence-corrected chi connectivity index (χ4v) is 3.09. The molecule has 27 heavy (non-hydrogen) atoms. The van der Waals surface area contributed by atoms with E-state index in [-0.39, 0.29) is 5.92 Å². The van der Waals surface area contributed by atoms with Crippen molar-refractivity contribution in [3.05, 3.63) is 29.8 Å². The smallest absolute Gasteiger partial charge is 0.439 e. The number of carbonyl (C=O) groups is 1. The lowest BCUT2D eigenvalue weighted by Crippen LogP contribution is -2.45. The molecule has 1 aliphatic rings. The van der Waals surface area contributed by atoms with Gasteiger partial charge < -0.3 is 9.84 Å². The molecule has 1 aliphatic heterocycles. The van der Waals surface area contributed by atoms with Crippen molar-refractivity contribution in [2.75, 3.05) is 13.1 Å². The van der Waals surface area contributed by atoms with Crippen LogP contribution in [0.3, 0.4) is 0 Å². The van der Waals surface area contributed by atoms with Gasteiger partial charge in [0.1, 0.15) is 5.75 Å². The van der Waals surface area contributed by atoms with Crippen LogP contribution in [0.2, 0.25) is 0 Å². The largest absolute Gasteiger partial charge is 0.481 e. The van der Waals surface area contributed by atoms with Crippen LogP contribution in [-0.4, -0.2) is 47.5 Å². The summed E-state index contributed by atoms with van der Waals surface area (Å²) in [6.45, 7) is 3.27. The Bertz CT molecular complexity index is 649. The van der Waals surface area contributed by atoms with Crippen LogP contribution in [-0.2, 0) is 11.3 Å². The highest BCUT2D eigenvalue weighted by atomic mass is 19.4. The van der Waals surface area contributed by atoms with Crippen molar-refractivity contribution in [1.29, 1.82) is 0 Å². The van der Waals surface area contributed by atoms with Gasteiger partial charge in [-0.2, -0.15) is 22.0 Å². The van der Waals surface area contributed by atoms with Crippen LogP contribution in [0.1, 0.15) is 18.9 Å². The van der Waals surface area contributed by atoms with Crippen LogP contribution in [0.4, 0.5) is 26.3 Å². The summed E-state index contributed by atoms with van der Waals surface area (Å²) in [6, 6.07) is 4.77. The van der Waals surface area contributed by atoms with Gasteiger partial charge in [-0.25, -0.2) is 4.39 Å². The highest BCUT2D eigenvalue weighted by Crippen LogP contribution is 2.36. The Morgan fingerprint density at radius 2 is 1.81 bits per heavy atom. The van der Waals surface area contributed by atoms with Crippen molar-refractivity contribution < 1.29 is 41.0 Å². The van der Waals surface area contributed by atoms with E-state index in [0.717, 1.165) is 12.1 Å². The number of halogens is 6. The maximum absolute atomic E-state index is 13.3. The molecule has 3 atom stereocenters. The van der Waals surface area contributed by atoms with Gasteiger partial charge in [0, 0.05) is 19.6 Å². The molecule has 152 valence electrons. The molecule has 0 aliphatic carbocycles. The molecule has 0 amide bonds. The van der Waals surface area contributed by atoms with E-state index < -0.39 is 36.1 Å². The van der Waals surface area contributed by atoms with E-state index in [9.17, 15) is 31.1 Å². The predicted molar refractivity (Wildman–Crippen MR) is 83.2 cm³/mol. The van der Waals surface area contributed by atoms with Gasteiger partial charge >= 0.3 is 18.3 Å². The Hall–Kier alpha value is -1.97. The van der Waals surface area contributed by atoms with Crippen LogP contribution in [0, 0.1) is 11.8 Å². The van der Waals surface area contributed by atoms with Gasteiger partial charge in [-0.05, 0) is 30.0 Å². The molecule has 3 unspecified atom stereocenters. The fourth-order valence-electron chi connectivity index (χ4n) is 3.09. The number of alkyl halides is 6. The molecule has 0 spiro atoms. The van der Waals surface area contributed by atoms with Gasteiger partial charge in [0.2, 0.25) is 0 Å². The third-order valence-corrected chi connectivity index (χ3v) is 4.25. The number of hydrogen-bond acceptors (Lipinski definition) is 3. The number of likely N-dealkylation sites (tertiary alicyclic amines) is 1. The van der Waals surface area contributed by atoms with Gasteiger partial charge in [0.25, 0.3) is 6.17 Å². The molecule has 10 heteroatoms. The molecule has 0 saturated carbocycles. The second kappa shape index (κ2) is 7.95. The molecule has 1 N–H and O–H groups in total. The first-order valence-electron chi connectivity index (χ1n) is 8.20. The molecule has 1 saturated heterocycles. The number of nitrogens with zero attached hydrogens (tertiary/aromatic N) is 1. The number of aliphatic carboxylic acids is 1. The number of rotatable bonds is 6. The summed E-state index contributed by atoms with van der Waals surface area (Å²) in [5, 5.41) is 9.16. The SMILES string of the molecule is CC1CC(C(=O)O)CN(Cc2ccc(OC(F)(F)C(F)C(F)(F)F)cc2)C1. The molecule has 0 aromatic heterocycles. The normalized spacial score (nSPS) is 23.1. The maximum Gasteiger partial charge on any atom is 0.439 e. The summed E-state index contributed by atoms with van der Waals surface area (Å²) in [5.74, 6) is -1.82. The minimum absolute atomic E-state index is 0.171. The van der Waals surface area contributed by atoms with E-state index in [1.54, 1.807) is 0 Å². The average Bonchev–Trinajstić information content (AvgIpc) is 2.54. The first-order chi connectivity index (χ1) is 12.4. The van der Waals surface area contributed by atoms with Gasteiger partial charge in [-0.3, -0.25) is 9.69 Å². The summed E-state index contributed by atoms with van der Waals surface area (Å²) < 4.78 is 79.6. The lowest BCUT2D eigenvalue weighted by Gasteiger charge is -2.34. The number of ether oxygens (including phenoxy) is 1. The molecule has 2 rings (SSSR count). The van der Waals surface area contributed by atoms with Crippen molar-refractivity contribution >= 4 is 5.97 Å². The lowest BCUT2D eigenvalue weighted by atomic mass is 9.90. The van der Waals surface area contributed by atoms with Crippen LogP contribution >= 0.6 is 0 Å². The first-order valence-corrected chi connectivity index (χ1v) is 8.20. The molecule has 1 aromatic carbocycles. The number of hydrogen-bond donors (Lipinski definition) is 1. The van der Waals surface area contributed by atoms with E-state index >= 15 is 0 Å². The highest BCUT2D eigenvalue weighted by Gasteiger charge is 2.59. The van der Waals surface area contributed by atoms with E-state index in [1.807, 2.05) is 11.8 Å². The molecular formula is C17H19F6NO3. The summed E-state index contributed by atoms with van der Waals surface area (Å²) in [5.41, 5.74) is 0.636. The Kier molecular flexibility index (Phi) is 6.28. The van der Waals surface area contributed by atoms with Gasteiger partial charge in [-0.15, -0.1) is 0 Å². The Labute approximate surface area is 151 Å². The summed E-state index contributed by atoms with van der Waals surface area (Å²) in [7, 11) is 0. The zero-order valence-corrected chi connectivity index (χ0v) is 14.3. The number of carboxylic acids is 1. The third-order valence-electron chi connectivity index (χ3n) is 4.25. The van der Waals surface area contributed by atoms with Gasteiger partial charge in [-0.1, -0.05) is 19.1 Å². The monoisotopic (exact) mass is 399 g/mol. The Morgan fingerprint density at radius 1 is 1.22 bits per heavy atom. The zero-order chi connectivity index (χ0) is 20.4. The Balaban J connectivity index is 2.00. The van der Waals surface area contributed by atoms with Crippen LogP contribution in [0.25, 0.3) is 0 Å². The quantitative estimate of drug-likeness (QED) is 0.732. The van der Waals surface area contributed by atoms with Crippen molar-refractivity contribution in [3.63, 3.8) is 0 Å². The number of carboxylic acid groups (broad SMARTS) is 1. The third kappa shape index (κ3) is 5.75. The van der Waals surface area contributed by atoms with Gasteiger partial charge in [0.15, 0.2) is 0 Å². The fraction of sp³-hybridized carbons (Fsp3) is 0.588. The van der Waals surface area contributed by atoms with Crippen molar-refractivity contribution in [2.24, 2.45) is 11.8 Å². The van der Waals surface area contributed by atoms with Gasteiger partial charge in [0.05, 0.1) is 5.92 Å². The topological polar surface area (TPSA) is 49.8 Å².